The average Bonchev–Trinajstić information content (AvgIpc) is 2.97. The van der Waals surface area contributed by atoms with Crippen molar-refractivity contribution >= 4 is 17.6 Å². The highest BCUT2D eigenvalue weighted by Crippen LogP contribution is 2.19. The Hall–Kier alpha value is -3.48. The zero-order valence-corrected chi connectivity index (χ0v) is 16.5. The van der Waals surface area contributed by atoms with Gasteiger partial charge in [-0.1, -0.05) is 24.3 Å². The molecule has 150 valence electrons. The molecule has 0 spiro atoms. The Labute approximate surface area is 168 Å². The SMILES string of the molecule is Cc1nn(-c2ccccc2)c(C)c1CC(=O)O[C@@H](C)C(=O)Nc1cccc(F)c1. The molecule has 3 aromatic rings. The Morgan fingerprint density at radius 3 is 2.55 bits per heavy atom. The van der Waals surface area contributed by atoms with Gasteiger partial charge >= 0.3 is 5.97 Å². The number of halogens is 1. The van der Waals surface area contributed by atoms with E-state index in [0.717, 1.165) is 22.6 Å². The molecule has 1 heterocycles. The predicted molar refractivity (Wildman–Crippen MR) is 107 cm³/mol. The van der Waals surface area contributed by atoms with Gasteiger partial charge in [0.15, 0.2) is 6.10 Å². The van der Waals surface area contributed by atoms with Crippen molar-refractivity contribution in [2.24, 2.45) is 0 Å². The first-order valence-corrected chi connectivity index (χ1v) is 9.21. The molecule has 0 radical (unpaired) electrons. The minimum atomic E-state index is -1.02. The fraction of sp³-hybridized carbons (Fsp3) is 0.227. The maximum absolute atomic E-state index is 13.2. The highest BCUT2D eigenvalue weighted by Gasteiger charge is 2.21. The third-order valence-electron chi connectivity index (χ3n) is 4.53. The Kier molecular flexibility index (Phi) is 6.07. The van der Waals surface area contributed by atoms with E-state index >= 15 is 0 Å². The normalized spacial score (nSPS) is 11.7. The Balaban J connectivity index is 1.64. The van der Waals surface area contributed by atoms with E-state index in [1.165, 1.54) is 25.1 Å². The van der Waals surface area contributed by atoms with Crippen LogP contribution in [0, 0.1) is 19.7 Å². The number of carbonyl (C=O) groups excluding carboxylic acids is 2. The van der Waals surface area contributed by atoms with Crippen molar-refractivity contribution < 1.29 is 18.7 Å². The molecule has 3 rings (SSSR count). The molecule has 0 unspecified atom stereocenters. The number of aryl methyl sites for hydroxylation is 1. The van der Waals surface area contributed by atoms with Gasteiger partial charge < -0.3 is 10.1 Å². The van der Waals surface area contributed by atoms with E-state index in [2.05, 4.69) is 10.4 Å². The standard InChI is InChI=1S/C22H22FN3O3/c1-14-20(15(2)26(25-14)19-10-5-4-6-11-19)13-21(27)29-16(3)22(28)24-18-9-7-8-17(23)12-18/h4-12,16H,13H2,1-3H3,(H,24,28)/t16-/m0/s1. The van der Waals surface area contributed by atoms with Crippen LogP contribution in [0.5, 0.6) is 0 Å². The van der Waals surface area contributed by atoms with Crippen LogP contribution in [0.15, 0.2) is 54.6 Å². The van der Waals surface area contributed by atoms with Crippen molar-refractivity contribution in [3.63, 3.8) is 0 Å². The first kappa shape index (κ1) is 20.3. The Morgan fingerprint density at radius 1 is 1.14 bits per heavy atom. The van der Waals surface area contributed by atoms with Gasteiger partial charge in [0.2, 0.25) is 0 Å². The zero-order chi connectivity index (χ0) is 21.0. The molecule has 1 aromatic heterocycles. The zero-order valence-electron chi connectivity index (χ0n) is 16.5. The second kappa shape index (κ2) is 8.68. The summed E-state index contributed by atoms with van der Waals surface area (Å²) < 4.78 is 20.3. The van der Waals surface area contributed by atoms with Gasteiger partial charge in [0.1, 0.15) is 5.82 Å². The van der Waals surface area contributed by atoms with E-state index in [1.54, 1.807) is 10.7 Å². The highest BCUT2D eigenvalue weighted by atomic mass is 19.1. The average molecular weight is 395 g/mol. The first-order valence-electron chi connectivity index (χ1n) is 9.21. The summed E-state index contributed by atoms with van der Waals surface area (Å²) in [5.74, 6) is -1.53. The summed E-state index contributed by atoms with van der Waals surface area (Å²) in [5, 5.41) is 7.03. The molecular weight excluding hydrogens is 373 g/mol. The van der Waals surface area contributed by atoms with Crippen LogP contribution in [0.4, 0.5) is 10.1 Å². The summed E-state index contributed by atoms with van der Waals surface area (Å²) in [6.07, 6.45) is -1.02. The van der Waals surface area contributed by atoms with E-state index in [4.69, 9.17) is 4.74 Å². The molecule has 0 aliphatic rings. The number of benzene rings is 2. The molecule has 29 heavy (non-hydrogen) atoms. The number of amides is 1. The number of esters is 1. The largest absolute Gasteiger partial charge is 0.452 e. The number of aromatic nitrogens is 2. The Morgan fingerprint density at radius 2 is 1.86 bits per heavy atom. The molecule has 1 amide bonds. The maximum Gasteiger partial charge on any atom is 0.311 e. The fourth-order valence-electron chi connectivity index (χ4n) is 3.00. The molecule has 6 nitrogen and oxygen atoms in total. The van der Waals surface area contributed by atoms with Gasteiger partial charge in [-0.25, -0.2) is 9.07 Å². The topological polar surface area (TPSA) is 73.2 Å². The van der Waals surface area contributed by atoms with Gasteiger partial charge in [-0.3, -0.25) is 9.59 Å². The van der Waals surface area contributed by atoms with E-state index in [-0.39, 0.29) is 6.42 Å². The summed E-state index contributed by atoms with van der Waals surface area (Å²) in [4.78, 5) is 24.6. The lowest BCUT2D eigenvalue weighted by molar-refractivity contribution is -0.152. The second-order valence-electron chi connectivity index (χ2n) is 6.71. The molecule has 0 saturated carbocycles. The molecule has 0 aliphatic heterocycles. The quantitative estimate of drug-likeness (QED) is 0.646. The summed E-state index contributed by atoms with van der Waals surface area (Å²) >= 11 is 0. The van der Waals surface area contributed by atoms with Crippen LogP contribution in [0.3, 0.4) is 0 Å². The maximum atomic E-state index is 13.2. The van der Waals surface area contributed by atoms with E-state index in [0.29, 0.717) is 5.69 Å². The molecule has 0 bridgehead atoms. The van der Waals surface area contributed by atoms with Crippen LogP contribution < -0.4 is 5.32 Å². The number of ether oxygens (including phenoxy) is 1. The lowest BCUT2D eigenvalue weighted by Gasteiger charge is -2.14. The van der Waals surface area contributed by atoms with E-state index in [9.17, 15) is 14.0 Å². The number of carbonyl (C=O) groups is 2. The van der Waals surface area contributed by atoms with E-state index in [1.807, 2.05) is 44.2 Å². The number of para-hydroxylation sites is 1. The molecular formula is C22H22FN3O3. The monoisotopic (exact) mass is 395 g/mol. The summed E-state index contributed by atoms with van der Waals surface area (Å²) in [7, 11) is 0. The Bertz CT molecular complexity index is 1030. The molecule has 1 atom stereocenters. The summed E-state index contributed by atoms with van der Waals surface area (Å²) in [6, 6.07) is 15.1. The van der Waals surface area contributed by atoms with Crippen molar-refractivity contribution in [3.8, 4) is 5.69 Å². The predicted octanol–water partition coefficient (Wildman–Crippen LogP) is 3.74. The summed E-state index contributed by atoms with van der Waals surface area (Å²) in [5.41, 5.74) is 3.52. The third kappa shape index (κ3) is 4.87. The van der Waals surface area contributed by atoms with Crippen LogP contribution in [0.25, 0.3) is 5.69 Å². The van der Waals surface area contributed by atoms with Gasteiger partial charge in [-0.15, -0.1) is 0 Å². The van der Waals surface area contributed by atoms with Crippen molar-refractivity contribution in [2.45, 2.75) is 33.3 Å². The van der Waals surface area contributed by atoms with Crippen LogP contribution >= 0.6 is 0 Å². The molecule has 1 N–H and O–H groups in total. The van der Waals surface area contributed by atoms with Crippen LogP contribution in [-0.4, -0.2) is 27.8 Å². The van der Waals surface area contributed by atoms with Crippen molar-refractivity contribution in [2.75, 3.05) is 5.32 Å². The number of hydrogen-bond donors (Lipinski definition) is 1. The van der Waals surface area contributed by atoms with Gasteiger partial charge in [0.05, 0.1) is 17.8 Å². The fourth-order valence-corrected chi connectivity index (χ4v) is 3.00. The lowest BCUT2D eigenvalue weighted by atomic mass is 10.1. The number of anilines is 1. The van der Waals surface area contributed by atoms with Crippen LogP contribution in [-0.2, 0) is 20.7 Å². The number of rotatable bonds is 6. The van der Waals surface area contributed by atoms with Gasteiger partial charge in [-0.2, -0.15) is 5.10 Å². The number of hydrogen-bond acceptors (Lipinski definition) is 4. The number of nitrogens with zero attached hydrogens (tertiary/aromatic N) is 2. The van der Waals surface area contributed by atoms with Gasteiger partial charge in [0, 0.05) is 16.9 Å². The van der Waals surface area contributed by atoms with Crippen molar-refractivity contribution in [1.29, 1.82) is 0 Å². The van der Waals surface area contributed by atoms with Crippen molar-refractivity contribution in [1.82, 2.24) is 9.78 Å². The number of nitrogens with one attached hydrogen (secondary N) is 1. The first-order chi connectivity index (χ1) is 13.8. The molecule has 0 saturated heterocycles. The van der Waals surface area contributed by atoms with Crippen LogP contribution in [0.2, 0.25) is 0 Å². The summed E-state index contributed by atoms with van der Waals surface area (Å²) in [6.45, 7) is 5.18. The van der Waals surface area contributed by atoms with Gasteiger partial charge in [0.25, 0.3) is 5.91 Å². The minimum absolute atomic E-state index is 0.00207. The lowest BCUT2D eigenvalue weighted by Crippen LogP contribution is -2.30. The highest BCUT2D eigenvalue weighted by molar-refractivity contribution is 5.95. The minimum Gasteiger partial charge on any atom is -0.452 e. The molecule has 2 aromatic carbocycles. The van der Waals surface area contributed by atoms with Gasteiger partial charge in [-0.05, 0) is 51.1 Å². The molecule has 0 aliphatic carbocycles. The molecule has 0 fully saturated rings. The second-order valence-corrected chi connectivity index (χ2v) is 6.71. The van der Waals surface area contributed by atoms with Crippen LogP contribution in [0.1, 0.15) is 23.9 Å². The smallest absolute Gasteiger partial charge is 0.311 e. The van der Waals surface area contributed by atoms with Crippen molar-refractivity contribution in [3.05, 3.63) is 77.4 Å². The molecule has 7 heteroatoms. The van der Waals surface area contributed by atoms with E-state index < -0.39 is 23.8 Å². The third-order valence-corrected chi connectivity index (χ3v) is 4.53.